The van der Waals surface area contributed by atoms with Gasteiger partial charge in [0.15, 0.2) is 0 Å². The molecule has 1 fully saturated rings. The average molecular weight is 349 g/mol. The summed E-state index contributed by atoms with van der Waals surface area (Å²) in [5, 5.41) is 6.63. The molecule has 0 bridgehead atoms. The number of carbonyl (C=O) groups is 2. The Bertz CT molecular complexity index is 755. The molecule has 2 N–H and O–H groups in total. The van der Waals surface area contributed by atoms with Gasteiger partial charge in [-0.15, -0.1) is 0 Å². The zero-order valence-corrected chi connectivity index (χ0v) is 13.6. The fourth-order valence-electron chi connectivity index (χ4n) is 2.28. The van der Waals surface area contributed by atoms with Gasteiger partial charge in [-0.05, 0) is 55.3 Å². The standard InChI is InChI=1S/C17H14Cl2N2O2/c18-11-4-6-13(7-5-11)20-15(22)17(8-9-17)16(23)21-14-3-1-2-12(19)10-14/h1-7,10H,8-9H2,(H,20,22)(H,21,23). The van der Waals surface area contributed by atoms with Crippen molar-refractivity contribution in [2.24, 2.45) is 5.41 Å². The Kier molecular flexibility index (Phi) is 4.28. The Hall–Kier alpha value is -2.04. The van der Waals surface area contributed by atoms with Crippen LogP contribution in [0.25, 0.3) is 0 Å². The first kappa shape index (κ1) is 15.8. The lowest BCUT2D eigenvalue weighted by Gasteiger charge is -2.15. The van der Waals surface area contributed by atoms with Gasteiger partial charge in [-0.3, -0.25) is 9.59 Å². The summed E-state index contributed by atoms with van der Waals surface area (Å²) in [6.07, 6.45) is 1.05. The quantitative estimate of drug-likeness (QED) is 0.807. The highest BCUT2D eigenvalue weighted by Gasteiger charge is 2.56. The molecule has 118 valence electrons. The van der Waals surface area contributed by atoms with Crippen LogP contribution in [-0.2, 0) is 9.59 Å². The summed E-state index contributed by atoms with van der Waals surface area (Å²) in [5.41, 5.74) is 0.177. The number of rotatable bonds is 4. The zero-order valence-electron chi connectivity index (χ0n) is 12.1. The summed E-state index contributed by atoms with van der Waals surface area (Å²) in [6.45, 7) is 0. The topological polar surface area (TPSA) is 58.2 Å². The van der Waals surface area contributed by atoms with Crippen LogP contribution in [0, 0.1) is 5.41 Å². The van der Waals surface area contributed by atoms with Gasteiger partial charge in [0, 0.05) is 21.4 Å². The van der Waals surface area contributed by atoms with Crippen molar-refractivity contribution in [3.8, 4) is 0 Å². The van der Waals surface area contributed by atoms with Gasteiger partial charge in [-0.2, -0.15) is 0 Å². The van der Waals surface area contributed by atoms with Gasteiger partial charge < -0.3 is 10.6 Å². The number of carbonyl (C=O) groups excluding carboxylic acids is 2. The molecular weight excluding hydrogens is 335 g/mol. The number of hydrogen-bond donors (Lipinski definition) is 2. The maximum atomic E-state index is 12.5. The average Bonchev–Trinajstić information content (AvgIpc) is 3.31. The second-order valence-corrected chi connectivity index (χ2v) is 6.38. The highest BCUT2D eigenvalue weighted by atomic mass is 35.5. The van der Waals surface area contributed by atoms with Crippen molar-refractivity contribution < 1.29 is 9.59 Å². The van der Waals surface area contributed by atoms with E-state index in [0.717, 1.165) is 0 Å². The van der Waals surface area contributed by atoms with Crippen LogP contribution in [0.1, 0.15) is 12.8 Å². The minimum Gasteiger partial charge on any atom is -0.325 e. The van der Waals surface area contributed by atoms with Gasteiger partial charge >= 0.3 is 0 Å². The number of hydrogen-bond acceptors (Lipinski definition) is 2. The molecule has 1 saturated carbocycles. The predicted molar refractivity (Wildman–Crippen MR) is 91.8 cm³/mol. The maximum Gasteiger partial charge on any atom is 0.240 e. The van der Waals surface area contributed by atoms with E-state index >= 15 is 0 Å². The normalized spacial score (nSPS) is 14.9. The summed E-state index contributed by atoms with van der Waals surface area (Å²) in [4.78, 5) is 24.9. The van der Waals surface area contributed by atoms with Gasteiger partial charge in [-0.1, -0.05) is 29.3 Å². The summed E-state index contributed by atoms with van der Waals surface area (Å²) in [6, 6.07) is 13.6. The molecule has 0 heterocycles. The third-order valence-electron chi connectivity index (χ3n) is 3.80. The van der Waals surface area contributed by atoms with Crippen LogP contribution < -0.4 is 10.6 Å². The van der Waals surface area contributed by atoms with Gasteiger partial charge in [0.2, 0.25) is 11.8 Å². The van der Waals surface area contributed by atoms with E-state index in [1.807, 2.05) is 0 Å². The van der Waals surface area contributed by atoms with Crippen molar-refractivity contribution in [1.82, 2.24) is 0 Å². The Balaban J connectivity index is 1.69. The van der Waals surface area contributed by atoms with Gasteiger partial charge in [0.1, 0.15) is 5.41 Å². The van der Waals surface area contributed by atoms with Crippen molar-refractivity contribution in [3.63, 3.8) is 0 Å². The van der Waals surface area contributed by atoms with E-state index in [2.05, 4.69) is 10.6 Å². The lowest BCUT2D eigenvalue weighted by Crippen LogP contribution is -2.35. The Labute approximate surface area is 143 Å². The predicted octanol–water partition coefficient (Wildman–Crippen LogP) is 4.35. The fourth-order valence-corrected chi connectivity index (χ4v) is 2.60. The molecule has 0 spiro atoms. The van der Waals surface area contributed by atoms with E-state index in [9.17, 15) is 9.59 Å². The number of halogens is 2. The van der Waals surface area contributed by atoms with Crippen LogP contribution in [0.2, 0.25) is 10.0 Å². The number of benzene rings is 2. The van der Waals surface area contributed by atoms with Crippen molar-refractivity contribution in [3.05, 3.63) is 58.6 Å². The lowest BCUT2D eigenvalue weighted by molar-refractivity contribution is -0.131. The van der Waals surface area contributed by atoms with Crippen molar-refractivity contribution >= 4 is 46.4 Å². The van der Waals surface area contributed by atoms with E-state index < -0.39 is 5.41 Å². The largest absolute Gasteiger partial charge is 0.325 e. The number of nitrogens with one attached hydrogen (secondary N) is 2. The smallest absolute Gasteiger partial charge is 0.240 e. The van der Waals surface area contributed by atoms with E-state index in [0.29, 0.717) is 34.3 Å². The van der Waals surface area contributed by atoms with Crippen LogP contribution >= 0.6 is 23.2 Å². The van der Waals surface area contributed by atoms with Crippen LogP contribution in [0.4, 0.5) is 11.4 Å². The third-order valence-corrected chi connectivity index (χ3v) is 4.29. The van der Waals surface area contributed by atoms with Crippen LogP contribution in [0.3, 0.4) is 0 Å². The molecule has 0 unspecified atom stereocenters. The molecule has 2 aromatic carbocycles. The SMILES string of the molecule is O=C(Nc1ccc(Cl)cc1)C1(C(=O)Nc2cccc(Cl)c2)CC1. The van der Waals surface area contributed by atoms with E-state index in [4.69, 9.17) is 23.2 Å². The second kappa shape index (κ2) is 6.22. The molecule has 1 aliphatic carbocycles. The molecule has 0 aromatic heterocycles. The van der Waals surface area contributed by atoms with Crippen molar-refractivity contribution in [1.29, 1.82) is 0 Å². The first-order chi connectivity index (χ1) is 11.0. The number of amides is 2. The van der Waals surface area contributed by atoms with Gasteiger partial charge in [-0.25, -0.2) is 0 Å². The highest BCUT2D eigenvalue weighted by molar-refractivity contribution is 6.31. The third kappa shape index (κ3) is 3.49. The minimum absolute atomic E-state index is 0.306. The van der Waals surface area contributed by atoms with Gasteiger partial charge in [0.05, 0.1) is 0 Å². The molecule has 0 radical (unpaired) electrons. The molecule has 0 saturated heterocycles. The molecule has 1 aliphatic rings. The van der Waals surface area contributed by atoms with Crippen LogP contribution in [-0.4, -0.2) is 11.8 Å². The molecule has 3 rings (SSSR count). The molecule has 23 heavy (non-hydrogen) atoms. The minimum atomic E-state index is -1.01. The summed E-state index contributed by atoms with van der Waals surface area (Å²) in [5.74, 6) is -0.620. The highest BCUT2D eigenvalue weighted by Crippen LogP contribution is 2.47. The summed E-state index contributed by atoms with van der Waals surface area (Å²) in [7, 11) is 0. The van der Waals surface area contributed by atoms with Crippen molar-refractivity contribution in [2.45, 2.75) is 12.8 Å². The van der Waals surface area contributed by atoms with E-state index in [-0.39, 0.29) is 11.8 Å². The first-order valence-electron chi connectivity index (χ1n) is 7.14. The van der Waals surface area contributed by atoms with Crippen molar-refractivity contribution in [2.75, 3.05) is 10.6 Å². The summed E-state index contributed by atoms with van der Waals surface area (Å²) < 4.78 is 0. The Morgan fingerprint density at radius 1 is 0.826 bits per heavy atom. The second-order valence-electron chi connectivity index (χ2n) is 5.51. The molecule has 6 heteroatoms. The molecular formula is C17H14Cl2N2O2. The Morgan fingerprint density at radius 3 is 2.00 bits per heavy atom. The zero-order chi connectivity index (χ0) is 16.4. The first-order valence-corrected chi connectivity index (χ1v) is 7.89. The fraction of sp³-hybridized carbons (Fsp3) is 0.176. The molecule has 2 aromatic rings. The molecule has 2 amide bonds. The number of anilines is 2. The van der Waals surface area contributed by atoms with Crippen LogP contribution in [0.5, 0.6) is 0 Å². The maximum absolute atomic E-state index is 12.5. The van der Waals surface area contributed by atoms with Crippen LogP contribution in [0.15, 0.2) is 48.5 Å². The van der Waals surface area contributed by atoms with E-state index in [1.54, 1.807) is 48.5 Å². The summed E-state index contributed by atoms with van der Waals surface area (Å²) >= 11 is 11.7. The lowest BCUT2D eigenvalue weighted by atomic mass is 10.0. The molecule has 0 atom stereocenters. The Morgan fingerprint density at radius 2 is 1.43 bits per heavy atom. The monoisotopic (exact) mass is 348 g/mol. The molecule has 0 aliphatic heterocycles. The molecule has 4 nitrogen and oxygen atoms in total. The van der Waals surface area contributed by atoms with Gasteiger partial charge in [0.25, 0.3) is 0 Å². The van der Waals surface area contributed by atoms with E-state index in [1.165, 1.54) is 0 Å².